The van der Waals surface area contributed by atoms with Gasteiger partial charge in [-0.05, 0) is 67.1 Å². The van der Waals surface area contributed by atoms with E-state index in [9.17, 15) is 14.7 Å². The molecule has 0 radical (unpaired) electrons. The number of pyridine rings is 1. The Bertz CT molecular complexity index is 1540. The fraction of sp³-hybridized carbons (Fsp3) is 0.333. The van der Waals surface area contributed by atoms with E-state index in [1.165, 1.54) is 4.90 Å². The largest absolute Gasteiger partial charge is 0.373 e. The van der Waals surface area contributed by atoms with Gasteiger partial charge in [-0.1, -0.05) is 49.7 Å². The Morgan fingerprint density at radius 1 is 1.18 bits per heavy atom. The zero-order chi connectivity index (χ0) is 27.5. The van der Waals surface area contributed by atoms with Gasteiger partial charge in [0.2, 0.25) is 5.91 Å². The molecule has 39 heavy (non-hydrogen) atoms. The number of hydrogen-bond acceptors (Lipinski definition) is 6. The third-order valence-corrected chi connectivity index (χ3v) is 8.79. The van der Waals surface area contributed by atoms with Crippen LogP contribution in [0.25, 0.3) is 0 Å². The van der Waals surface area contributed by atoms with Crippen LogP contribution in [0, 0.1) is 5.92 Å². The average Bonchev–Trinajstić information content (AvgIpc) is 3.51. The van der Waals surface area contributed by atoms with Gasteiger partial charge in [0, 0.05) is 23.0 Å². The summed E-state index contributed by atoms with van der Waals surface area (Å²) in [7, 11) is 0. The normalized spacial score (nSPS) is 25.1. The highest BCUT2D eigenvalue weighted by Crippen LogP contribution is 2.48. The van der Waals surface area contributed by atoms with Crippen LogP contribution in [0.2, 0.25) is 5.02 Å². The lowest BCUT2D eigenvalue weighted by Crippen LogP contribution is -2.46. The number of nitrogens with one attached hydrogen (secondary N) is 2. The molecule has 3 aromatic rings. The van der Waals surface area contributed by atoms with Crippen molar-refractivity contribution in [2.45, 2.75) is 50.8 Å². The van der Waals surface area contributed by atoms with Gasteiger partial charge >= 0.3 is 0 Å². The maximum Gasteiger partial charge on any atom is 0.256 e. The van der Waals surface area contributed by atoms with E-state index in [-0.39, 0.29) is 24.3 Å². The van der Waals surface area contributed by atoms with Gasteiger partial charge in [0.25, 0.3) is 5.91 Å². The molecule has 0 saturated carbocycles. The highest BCUT2D eigenvalue weighted by Gasteiger charge is 2.51. The molecule has 1 aliphatic carbocycles. The van der Waals surface area contributed by atoms with E-state index in [0.717, 1.165) is 16.7 Å². The van der Waals surface area contributed by atoms with Crippen LogP contribution in [0.3, 0.4) is 0 Å². The maximum atomic E-state index is 13.5. The second-order valence-corrected chi connectivity index (χ2v) is 11.5. The lowest BCUT2D eigenvalue weighted by atomic mass is 9.79. The molecule has 2 aromatic carbocycles. The van der Waals surface area contributed by atoms with Crippen molar-refractivity contribution in [3.05, 3.63) is 88.1 Å². The van der Waals surface area contributed by atoms with Gasteiger partial charge < -0.3 is 15.7 Å². The first kappa shape index (κ1) is 25.5. The zero-order valence-corrected chi connectivity index (χ0v) is 22.8. The van der Waals surface area contributed by atoms with Crippen molar-refractivity contribution >= 4 is 40.8 Å². The SMILES string of the molecule is CC(C)C1(C)N=C(c2ccccc2Cl)N(CC(=O)Nc2ccc3c(c2)C[C@]2(C3)c3cccnc3NC2O)C1=O. The molecule has 6 rings (SSSR count). The van der Waals surface area contributed by atoms with Crippen LogP contribution < -0.4 is 10.6 Å². The van der Waals surface area contributed by atoms with Gasteiger partial charge in [0.05, 0.1) is 10.4 Å². The van der Waals surface area contributed by atoms with E-state index in [4.69, 9.17) is 16.6 Å². The summed E-state index contributed by atoms with van der Waals surface area (Å²) in [5, 5.41) is 17.4. The Morgan fingerprint density at radius 3 is 2.72 bits per heavy atom. The predicted molar refractivity (Wildman–Crippen MR) is 151 cm³/mol. The highest BCUT2D eigenvalue weighted by molar-refractivity contribution is 6.35. The fourth-order valence-corrected chi connectivity index (χ4v) is 6.14. The summed E-state index contributed by atoms with van der Waals surface area (Å²) in [6.45, 7) is 5.49. The minimum atomic E-state index is -0.988. The monoisotopic (exact) mass is 543 g/mol. The van der Waals surface area contributed by atoms with E-state index in [1.807, 2.05) is 62.4 Å². The molecule has 2 amide bonds. The van der Waals surface area contributed by atoms with Crippen molar-refractivity contribution < 1.29 is 14.7 Å². The molecule has 8 nitrogen and oxygen atoms in total. The summed E-state index contributed by atoms with van der Waals surface area (Å²) >= 11 is 6.46. The number of anilines is 2. The number of nitrogens with zero attached hydrogens (tertiary/aromatic N) is 3. The standard InChI is InChI=1S/C30H30ClN5O3/c1-17(2)29(3)28(39)36(26(35-29)21-7-4-5-9-23(21)31)16-24(37)33-20-11-10-18-14-30(15-19(18)13-20)22-8-6-12-32-25(22)34-27(30)38/h4-13,17,27,38H,14-16H2,1-3H3,(H,32,34)(H,33,37)/t27?,29?,30-/m1/s1. The van der Waals surface area contributed by atoms with Gasteiger partial charge in [0.1, 0.15) is 30.0 Å². The summed E-state index contributed by atoms with van der Waals surface area (Å²) in [5.41, 5.74) is 2.97. The molecule has 1 spiro atoms. The van der Waals surface area contributed by atoms with Gasteiger partial charge in [-0.15, -0.1) is 0 Å². The number of fused-ring (bicyclic) bond motifs is 3. The Kier molecular flexibility index (Phi) is 6.00. The van der Waals surface area contributed by atoms with Crippen LogP contribution in [-0.2, 0) is 27.8 Å². The molecule has 3 atom stereocenters. The summed E-state index contributed by atoms with van der Waals surface area (Å²) in [6, 6.07) is 16.9. The second kappa shape index (κ2) is 9.17. The average molecular weight is 544 g/mol. The minimum Gasteiger partial charge on any atom is -0.373 e. The van der Waals surface area contributed by atoms with Gasteiger partial charge in [0.15, 0.2) is 0 Å². The molecule has 3 N–H and O–H groups in total. The molecule has 3 aliphatic rings. The lowest BCUT2D eigenvalue weighted by Gasteiger charge is -2.27. The van der Waals surface area contributed by atoms with Crippen molar-refractivity contribution in [2.75, 3.05) is 17.2 Å². The van der Waals surface area contributed by atoms with E-state index in [2.05, 4.69) is 15.6 Å². The number of rotatable bonds is 5. The van der Waals surface area contributed by atoms with Crippen molar-refractivity contribution in [3.8, 4) is 0 Å². The number of amidine groups is 1. The number of halogens is 1. The van der Waals surface area contributed by atoms with Crippen LogP contribution in [0.15, 0.2) is 65.8 Å². The molecule has 0 fully saturated rings. The van der Waals surface area contributed by atoms with E-state index < -0.39 is 17.2 Å². The third kappa shape index (κ3) is 4.01. The van der Waals surface area contributed by atoms with E-state index in [0.29, 0.717) is 40.8 Å². The van der Waals surface area contributed by atoms with E-state index >= 15 is 0 Å². The zero-order valence-electron chi connectivity index (χ0n) is 22.0. The summed E-state index contributed by atoms with van der Waals surface area (Å²) < 4.78 is 0. The molecular formula is C30H30ClN5O3. The number of aromatic nitrogens is 1. The highest BCUT2D eigenvalue weighted by atomic mass is 35.5. The molecule has 3 heterocycles. The van der Waals surface area contributed by atoms with Crippen molar-refractivity contribution in [1.82, 2.24) is 9.88 Å². The third-order valence-electron chi connectivity index (χ3n) is 8.46. The Hall–Kier alpha value is -3.75. The van der Waals surface area contributed by atoms with Crippen LogP contribution in [0.1, 0.15) is 43.0 Å². The smallest absolute Gasteiger partial charge is 0.256 e. The van der Waals surface area contributed by atoms with Gasteiger partial charge in [-0.3, -0.25) is 19.5 Å². The maximum absolute atomic E-state index is 13.5. The molecule has 0 saturated heterocycles. The number of aliphatic imine (C=N–C) groups is 1. The summed E-state index contributed by atoms with van der Waals surface area (Å²) in [4.78, 5) is 37.4. The van der Waals surface area contributed by atoms with Gasteiger partial charge in [-0.25, -0.2) is 4.98 Å². The van der Waals surface area contributed by atoms with Crippen LogP contribution in [-0.4, -0.2) is 51.0 Å². The molecule has 9 heteroatoms. The molecular weight excluding hydrogens is 514 g/mol. The number of aliphatic hydroxyl groups excluding tert-OH is 1. The first-order valence-corrected chi connectivity index (χ1v) is 13.5. The number of carbonyl (C=O) groups is 2. The number of carbonyl (C=O) groups excluding carboxylic acids is 2. The molecule has 200 valence electrons. The topological polar surface area (TPSA) is 107 Å². The first-order chi connectivity index (χ1) is 18.6. The van der Waals surface area contributed by atoms with Crippen LogP contribution >= 0.6 is 11.6 Å². The molecule has 0 bridgehead atoms. The first-order valence-electron chi connectivity index (χ1n) is 13.1. The number of benzene rings is 2. The Balaban J connectivity index is 1.23. The predicted octanol–water partition coefficient (Wildman–Crippen LogP) is 4.16. The summed E-state index contributed by atoms with van der Waals surface area (Å²) in [6.07, 6.45) is 2.27. The van der Waals surface area contributed by atoms with Crippen molar-refractivity contribution in [1.29, 1.82) is 0 Å². The Morgan fingerprint density at radius 2 is 1.95 bits per heavy atom. The van der Waals surface area contributed by atoms with Gasteiger partial charge in [-0.2, -0.15) is 0 Å². The van der Waals surface area contributed by atoms with Crippen LogP contribution in [0.5, 0.6) is 0 Å². The number of amides is 2. The lowest BCUT2D eigenvalue weighted by molar-refractivity contribution is -0.134. The van der Waals surface area contributed by atoms with Crippen molar-refractivity contribution in [2.24, 2.45) is 10.9 Å². The minimum absolute atomic E-state index is 0.0691. The molecule has 2 unspecified atom stereocenters. The summed E-state index contributed by atoms with van der Waals surface area (Å²) in [5.74, 6) is 0.489. The number of hydrogen-bond donors (Lipinski definition) is 3. The molecule has 2 aliphatic heterocycles. The van der Waals surface area contributed by atoms with E-state index in [1.54, 1.807) is 19.2 Å². The quantitative estimate of drug-likeness (QED) is 0.448. The fourth-order valence-electron chi connectivity index (χ4n) is 5.92. The number of aliphatic hydroxyl groups is 1. The second-order valence-electron chi connectivity index (χ2n) is 11.1. The molecule has 1 aromatic heterocycles. The van der Waals surface area contributed by atoms with Crippen molar-refractivity contribution in [3.63, 3.8) is 0 Å². The van der Waals surface area contributed by atoms with Crippen LogP contribution in [0.4, 0.5) is 11.5 Å². The Labute approximate surface area is 232 Å².